The molecule has 2 amide bonds. The molecule has 0 unspecified atom stereocenters. The van der Waals surface area contributed by atoms with Gasteiger partial charge in [0, 0.05) is 29.6 Å². The summed E-state index contributed by atoms with van der Waals surface area (Å²) in [5.74, 6) is 0.365. The highest BCUT2D eigenvalue weighted by Crippen LogP contribution is 2.55. The van der Waals surface area contributed by atoms with E-state index in [2.05, 4.69) is 20.1 Å². The van der Waals surface area contributed by atoms with E-state index in [1.807, 2.05) is 68.1 Å². The largest absolute Gasteiger partial charge is 0.444 e. The summed E-state index contributed by atoms with van der Waals surface area (Å²) in [5, 5.41) is 10.8. The highest BCUT2D eigenvalue weighted by molar-refractivity contribution is 7.17. The number of nitrogens with zero attached hydrogens (tertiary/aromatic N) is 5. The van der Waals surface area contributed by atoms with Gasteiger partial charge in [0.05, 0.1) is 28.3 Å². The third kappa shape index (κ3) is 4.64. The van der Waals surface area contributed by atoms with E-state index in [0.717, 1.165) is 40.7 Å². The van der Waals surface area contributed by atoms with Gasteiger partial charge in [0.15, 0.2) is 0 Å². The molecule has 0 atom stereocenters. The molecule has 0 bridgehead atoms. The number of likely N-dealkylation sites (tertiary alicyclic amines) is 1. The molecular formula is C28H30N6O3S. The van der Waals surface area contributed by atoms with Crippen LogP contribution in [-0.4, -0.2) is 55.3 Å². The highest BCUT2D eigenvalue weighted by atomic mass is 32.1. The van der Waals surface area contributed by atoms with Crippen molar-refractivity contribution in [3.05, 3.63) is 59.7 Å². The first-order valence-electron chi connectivity index (χ1n) is 12.8. The summed E-state index contributed by atoms with van der Waals surface area (Å²) in [6, 6.07) is 13.8. The number of para-hydroxylation sites is 2. The summed E-state index contributed by atoms with van der Waals surface area (Å²) in [6.07, 6.45) is 5.89. The van der Waals surface area contributed by atoms with E-state index in [-0.39, 0.29) is 23.5 Å². The molecule has 10 heteroatoms. The number of carbonyl (C=O) groups is 2. The lowest BCUT2D eigenvalue weighted by atomic mass is 9.65. The standard InChI is InChI=1S/C28H30N6O3S/c1-27(2,3)37-26(36)33-13-11-28(17-33)14-19(15-28)34-21-7-5-4-6-20(21)31-25(34)32-24(35)23-9-8-22(38-23)18-10-12-29-30-16-18/h4-10,12,16,19H,11,13-15,17H2,1-3H3,(H,31,32,35). The fraction of sp³-hybridized carbons (Fsp3) is 0.393. The molecule has 1 saturated heterocycles. The number of rotatable bonds is 4. The lowest BCUT2D eigenvalue weighted by molar-refractivity contribution is 0.0199. The van der Waals surface area contributed by atoms with Gasteiger partial charge < -0.3 is 14.2 Å². The van der Waals surface area contributed by atoms with E-state index in [1.165, 1.54) is 11.3 Å². The number of hydrogen-bond acceptors (Lipinski definition) is 7. The molecule has 6 rings (SSSR count). The van der Waals surface area contributed by atoms with Crippen LogP contribution in [0.5, 0.6) is 0 Å². The summed E-state index contributed by atoms with van der Waals surface area (Å²) >= 11 is 1.41. The minimum atomic E-state index is -0.504. The predicted octanol–water partition coefficient (Wildman–Crippen LogP) is 5.77. The van der Waals surface area contributed by atoms with Crippen molar-refractivity contribution >= 4 is 40.3 Å². The van der Waals surface area contributed by atoms with Crippen molar-refractivity contribution in [3.8, 4) is 10.4 Å². The Balaban J connectivity index is 1.20. The highest BCUT2D eigenvalue weighted by Gasteiger charge is 2.51. The molecule has 9 nitrogen and oxygen atoms in total. The molecule has 1 spiro atoms. The maximum absolute atomic E-state index is 13.3. The minimum Gasteiger partial charge on any atom is -0.444 e. The van der Waals surface area contributed by atoms with Crippen LogP contribution >= 0.6 is 11.3 Å². The van der Waals surface area contributed by atoms with Gasteiger partial charge in [-0.15, -0.1) is 11.3 Å². The molecule has 1 saturated carbocycles. The van der Waals surface area contributed by atoms with E-state index in [1.54, 1.807) is 12.4 Å². The Kier molecular flexibility index (Phi) is 5.94. The molecule has 0 radical (unpaired) electrons. The zero-order valence-electron chi connectivity index (χ0n) is 21.7. The molecular weight excluding hydrogens is 500 g/mol. The Hall–Kier alpha value is -3.79. The first-order valence-corrected chi connectivity index (χ1v) is 13.6. The van der Waals surface area contributed by atoms with E-state index in [9.17, 15) is 9.59 Å². The fourth-order valence-electron chi connectivity index (χ4n) is 5.59. The number of anilines is 1. The molecule has 38 heavy (non-hydrogen) atoms. The van der Waals surface area contributed by atoms with Gasteiger partial charge in [-0.05, 0) is 75.8 Å². The number of hydrogen-bond donors (Lipinski definition) is 1. The third-order valence-electron chi connectivity index (χ3n) is 7.31. The Morgan fingerprint density at radius 3 is 2.68 bits per heavy atom. The Morgan fingerprint density at radius 1 is 1.11 bits per heavy atom. The van der Waals surface area contributed by atoms with Gasteiger partial charge in [-0.2, -0.15) is 10.2 Å². The maximum Gasteiger partial charge on any atom is 0.410 e. The number of ether oxygens (including phenoxy) is 1. The maximum atomic E-state index is 13.3. The average molecular weight is 531 g/mol. The smallest absolute Gasteiger partial charge is 0.410 e. The molecule has 2 fully saturated rings. The van der Waals surface area contributed by atoms with Crippen LogP contribution in [0.4, 0.5) is 10.7 Å². The molecule has 3 aromatic heterocycles. The van der Waals surface area contributed by atoms with Crippen molar-refractivity contribution < 1.29 is 14.3 Å². The van der Waals surface area contributed by atoms with Crippen molar-refractivity contribution in [2.45, 2.75) is 51.7 Å². The quantitative estimate of drug-likeness (QED) is 0.359. The van der Waals surface area contributed by atoms with Crippen LogP contribution in [0.1, 0.15) is 55.7 Å². The molecule has 196 valence electrons. The molecule has 4 aromatic rings. The van der Waals surface area contributed by atoms with Gasteiger partial charge in [-0.25, -0.2) is 9.78 Å². The van der Waals surface area contributed by atoms with E-state index in [0.29, 0.717) is 23.9 Å². The Morgan fingerprint density at radius 2 is 1.92 bits per heavy atom. The van der Waals surface area contributed by atoms with Crippen molar-refractivity contribution in [2.75, 3.05) is 18.4 Å². The van der Waals surface area contributed by atoms with Crippen LogP contribution in [0.2, 0.25) is 0 Å². The van der Waals surface area contributed by atoms with E-state index in [4.69, 9.17) is 9.72 Å². The van der Waals surface area contributed by atoms with Crippen LogP contribution in [-0.2, 0) is 4.74 Å². The van der Waals surface area contributed by atoms with Crippen molar-refractivity contribution in [3.63, 3.8) is 0 Å². The number of fused-ring (bicyclic) bond motifs is 1. The van der Waals surface area contributed by atoms with Crippen LogP contribution in [0.25, 0.3) is 21.5 Å². The molecule has 4 heterocycles. The van der Waals surface area contributed by atoms with Crippen molar-refractivity contribution in [1.29, 1.82) is 0 Å². The Bertz CT molecular complexity index is 1500. The first-order chi connectivity index (χ1) is 18.2. The lowest BCUT2D eigenvalue weighted by Crippen LogP contribution is -2.43. The number of aromatic nitrogens is 4. The van der Waals surface area contributed by atoms with Crippen molar-refractivity contribution in [2.24, 2.45) is 5.41 Å². The zero-order valence-corrected chi connectivity index (χ0v) is 22.5. The summed E-state index contributed by atoms with van der Waals surface area (Å²) in [5.41, 5.74) is 2.35. The second-order valence-electron chi connectivity index (χ2n) is 11.3. The summed E-state index contributed by atoms with van der Waals surface area (Å²) in [7, 11) is 0. The predicted molar refractivity (Wildman–Crippen MR) is 146 cm³/mol. The van der Waals surface area contributed by atoms with Crippen LogP contribution in [0, 0.1) is 5.41 Å². The number of benzene rings is 1. The average Bonchev–Trinajstić information content (AvgIpc) is 3.59. The number of thiophene rings is 1. The van der Waals surface area contributed by atoms with Gasteiger partial charge in [-0.1, -0.05) is 12.1 Å². The molecule has 1 aliphatic heterocycles. The SMILES string of the molecule is CC(C)(C)OC(=O)N1CCC2(CC(n3c(NC(=O)c4ccc(-c5ccnnc5)s4)nc4ccccc43)C2)C1. The van der Waals surface area contributed by atoms with Crippen LogP contribution in [0.15, 0.2) is 54.9 Å². The number of carbonyl (C=O) groups excluding carboxylic acids is 2. The van der Waals surface area contributed by atoms with Crippen LogP contribution < -0.4 is 5.32 Å². The second kappa shape index (κ2) is 9.20. The summed E-state index contributed by atoms with van der Waals surface area (Å²) in [6.45, 7) is 7.09. The number of nitrogens with one attached hydrogen (secondary N) is 1. The van der Waals surface area contributed by atoms with Gasteiger partial charge in [0.1, 0.15) is 5.60 Å². The lowest BCUT2D eigenvalue weighted by Gasteiger charge is -2.46. The summed E-state index contributed by atoms with van der Waals surface area (Å²) in [4.78, 5) is 34.0. The zero-order chi connectivity index (χ0) is 26.5. The topological polar surface area (TPSA) is 102 Å². The first kappa shape index (κ1) is 24.5. The van der Waals surface area contributed by atoms with Crippen molar-refractivity contribution in [1.82, 2.24) is 24.6 Å². The molecule has 1 aromatic carbocycles. The van der Waals surface area contributed by atoms with Gasteiger partial charge in [-0.3, -0.25) is 10.1 Å². The normalized spacial score (nSPS) is 21.0. The number of imidazole rings is 1. The van der Waals surface area contributed by atoms with Gasteiger partial charge >= 0.3 is 6.09 Å². The Labute approximate surface area is 224 Å². The van der Waals surface area contributed by atoms with Crippen LogP contribution in [0.3, 0.4) is 0 Å². The molecule has 1 N–H and O–H groups in total. The number of amides is 2. The van der Waals surface area contributed by atoms with E-state index < -0.39 is 5.60 Å². The summed E-state index contributed by atoms with van der Waals surface area (Å²) < 4.78 is 7.76. The minimum absolute atomic E-state index is 0.0788. The van der Waals surface area contributed by atoms with E-state index >= 15 is 0 Å². The second-order valence-corrected chi connectivity index (χ2v) is 12.3. The molecule has 2 aliphatic rings. The third-order valence-corrected chi connectivity index (χ3v) is 8.45. The van der Waals surface area contributed by atoms with Gasteiger partial charge in [0.2, 0.25) is 5.95 Å². The molecule has 1 aliphatic carbocycles. The monoisotopic (exact) mass is 530 g/mol. The fourth-order valence-corrected chi connectivity index (χ4v) is 6.48. The van der Waals surface area contributed by atoms with Gasteiger partial charge in [0.25, 0.3) is 5.91 Å².